The summed E-state index contributed by atoms with van der Waals surface area (Å²) in [5, 5.41) is 13.8. The lowest BCUT2D eigenvalue weighted by molar-refractivity contribution is -0.140. The molecule has 3 rings (SSSR count). The number of hydrogen-bond donors (Lipinski definition) is 3. The van der Waals surface area contributed by atoms with Gasteiger partial charge in [-0.15, -0.1) is 0 Å². The fourth-order valence-electron chi connectivity index (χ4n) is 3.66. The van der Waals surface area contributed by atoms with Crippen molar-refractivity contribution in [3.05, 3.63) is 88.1 Å². The number of aliphatic carboxylic acids is 1. The zero-order valence-corrected chi connectivity index (χ0v) is 21.2. The van der Waals surface area contributed by atoms with Gasteiger partial charge >= 0.3 is 5.97 Å². The van der Waals surface area contributed by atoms with Gasteiger partial charge in [0.05, 0.1) is 12.0 Å². The van der Waals surface area contributed by atoms with E-state index in [1.165, 1.54) is 49.8 Å². The molecular weight excluding hydrogens is 556 g/mol. The highest BCUT2D eigenvalue weighted by atomic mass is 19.2. The number of carbonyl (C=O) groups excluding carboxylic acids is 3. The van der Waals surface area contributed by atoms with Gasteiger partial charge in [-0.25, -0.2) is 8.78 Å². The van der Waals surface area contributed by atoms with Crippen molar-refractivity contribution in [2.45, 2.75) is 31.8 Å². The number of carboxylic acids is 1. The maximum Gasteiger partial charge on any atom is 0.305 e. The van der Waals surface area contributed by atoms with Gasteiger partial charge < -0.3 is 25.0 Å². The first-order valence-electron chi connectivity index (χ1n) is 11.9. The molecule has 2 aromatic heterocycles. The fourth-order valence-corrected chi connectivity index (χ4v) is 3.66. The van der Waals surface area contributed by atoms with E-state index in [0.29, 0.717) is 0 Å². The smallest absolute Gasteiger partial charge is 0.305 e. The van der Waals surface area contributed by atoms with Gasteiger partial charge in [0.25, 0.3) is 11.5 Å². The molecule has 2 atom stereocenters. The molecule has 2 heterocycles. The first-order chi connectivity index (χ1) is 19.4. The number of halogens is 4. The van der Waals surface area contributed by atoms with E-state index in [1.807, 2.05) is 0 Å². The van der Waals surface area contributed by atoms with Gasteiger partial charge in [-0.2, -0.15) is 8.78 Å². The largest absolute Gasteiger partial charge is 0.481 e. The number of anilines is 1. The van der Waals surface area contributed by atoms with Gasteiger partial charge in [-0.05, 0) is 30.7 Å². The molecule has 3 N–H and O–H groups in total. The summed E-state index contributed by atoms with van der Waals surface area (Å²) in [7, 11) is 0. The molecule has 41 heavy (non-hydrogen) atoms. The van der Waals surface area contributed by atoms with E-state index >= 15 is 0 Å². The zero-order valence-electron chi connectivity index (χ0n) is 21.2. The molecule has 0 saturated carbocycles. The summed E-state index contributed by atoms with van der Waals surface area (Å²) in [5.41, 5.74) is -0.828. The van der Waals surface area contributed by atoms with E-state index in [1.54, 1.807) is 0 Å². The number of hydrogen-bond acceptors (Lipinski definition) is 7. The summed E-state index contributed by atoms with van der Waals surface area (Å²) in [6.07, 6.45) is 2.92. The van der Waals surface area contributed by atoms with Gasteiger partial charge in [0, 0.05) is 24.7 Å². The molecule has 0 fully saturated rings. The van der Waals surface area contributed by atoms with Crippen LogP contribution in [-0.4, -0.2) is 50.9 Å². The van der Waals surface area contributed by atoms with Crippen molar-refractivity contribution >= 4 is 29.3 Å². The summed E-state index contributed by atoms with van der Waals surface area (Å²) >= 11 is 0. The maximum absolute atomic E-state index is 13.9. The number of pyridine rings is 2. The van der Waals surface area contributed by atoms with E-state index in [0.717, 1.165) is 4.57 Å². The van der Waals surface area contributed by atoms with Gasteiger partial charge in [0.2, 0.25) is 17.5 Å². The van der Waals surface area contributed by atoms with Gasteiger partial charge in [0.15, 0.2) is 23.2 Å². The average Bonchev–Trinajstić information content (AvgIpc) is 2.94. The van der Waals surface area contributed by atoms with Crippen LogP contribution in [0.2, 0.25) is 0 Å². The Morgan fingerprint density at radius 3 is 2.34 bits per heavy atom. The molecule has 0 saturated heterocycles. The summed E-state index contributed by atoms with van der Waals surface area (Å²) < 4.78 is 60.1. The van der Waals surface area contributed by atoms with Crippen molar-refractivity contribution in [3.8, 4) is 5.75 Å². The number of carbonyl (C=O) groups is 4. The van der Waals surface area contributed by atoms with Crippen LogP contribution in [0, 0.1) is 23.3 Å². The SMILES string of the molecule is CC[C@@H](C(=O)NC(CC(=O)O)C(=O)COc1c(F)c(F)cc(F)c1F)n1cccc(NC(=O)c2cccnc2)c1=O. The molecule has 216 valence electrons. The number of ether oxygens (including phenoxy) is 1. The highest BCUT2D eigenvalue weighted by molar-refractivity contribution is 6.04. The number of carboxylic acid groups (broad SMARTS) is 1. The summed E-state index contributed by atoms with van der Waals surface area (Å²) in [6, 6.07) is 2.45. The Morgan fingerprint density at radius 2 is 1.76 bits per heavy atom. The Hall–Kier alpha value is -5.08. The molecule has 1 unspecified atom stereocenters. The Kier molecular flexibility index (Phi) is 9.90. The molecule has 0 aliphatic rings. The van der Waals surface area contributed by atoms with E-state index in [9.17, 15) is 46.6 Å². The first kappa shape index (κ1) is 30.5. The topological polar surface area (TPSA) is 157 Å². The van der Waals surface area contributed by atoms with Crippen LogP contribution in [0.25, 0.3) is 0 Å². The van der Waals surface area contributed by atoms with Gasteiger partial charge in [-0.3, -0.25) is 29.0 Å². The van der Waals surface area contributed by atoms with Crippen LogP contribution < -0.4 is 20.9 Å². The number of aromatic nitrogens is 2. The standard InChI is InChI=1S/C26H22F4N4O7/c1-2-18(34-8-4-6-16(26(34)40)32-24(38)13-5-3-7-31-11-13)25(39)33-17(10-20(36)37)19(35)12-41-23-21(29)14(27)9-15(28)22(23)30/h3-9,11,17-18H,2,10,12H2,1H3,(H,32,38)(H,33,39)(H,36,37)/t17?,18-/m0/s1. The van der Waals surface area contributed by atoms with Crippen LogP contribution in [0.15, 0.2) is 53.7 Å². The minimum atomic E-state index is -1.92. The van der Waals surface area contributed by atoms with E-state index in [4.69, 9.17) is 0 Å². The van der Waals surface area contributed by atoms with E-state index in [-0.39, 0.29) is 23.7 Å². The van der Waals surface area contributed by atoms with Crippen molar-refractivity contribution < 1.29 is 46.6 Å². The van der Waals surface area contributed by atoms with Crippen LogP contribution >= 0.6 is 0 Å². The van der Waals surface area contributed by atoms with Gasteiger partial charge in [-0.1, -0.05) is 6.92 Å². The number of nitrogens with one attached hydrogen (secondary N) is 2. The zero-order chi connectivity index (χ0) is 30.3. The van der Waals surface area contributed by atoms with Crippen molar-refractivity contribution in [3.63, 3.8) is 0 Å². The number of amides is 2. The average molecular weight is 578 g/mol. The Balaban J connectivity index is 1.79. The molecule has 11 nitrogen and oxygen atoms in total. The monoisotopic (exact) mass is 578 g/mol. The second kappa shape index (κ2) is 13.3. The second-order valence-corrected chi connectivity index (χ2v) is 8.47. The van der Waals surface area contributed by atoms with Crippen LogP contribution in [0.1, 0.15) is 36.2 Å². The molecule has 1 aromatic carbocycles. The molecule has 3 aromatic rings. The highest BCUT2D eigenvalue weighted by Crippen LogP contribution is 2.26. The van der Waals surface area contributed by atoms with E-state index < -0.39 is 83.3 Å². The number of benzene rings is 1. The van der Waals surface area contributed by atoms with Crippen LogP contribution in [0.3, 0.4) is 0 Å². The Bertz CT molecular complexity index is 1510. The second-order valence-electron chi connectivity index (χ2n) is 8.47. The Labute approximate surface area is 228 Å². The normalized spacial score (nSPS) is 12.2. The lowest BCUT2D eigenvalue weighted by atomic mass is 10.1. The van der Waals surface area contributed by atoms with Gasteiger partial charge in [0.1, 0.15) is 24.4 Å². The molecule has 0 aliphatic heterocycles. The number of Topliss-reactive ketones (excluding diaryl/α,β-unsaturated/α-hetero) is 1. The maximum atomic E-state index is 13.9. The highest BCUT2D eigenvalue weighted by Gasteiger charge is 2.30. The van der Waals surface area contributed by atoms with Crippen molar-refractivity contribution in [2.24, 2.45) is 0 Å². The minimum absolute atomic E-state index is 0.0325. The van der Waals surface area contributed by atoms with Crippen molar-refractivity contribution in [1.82, 2.24) is 14.9 Å². The third kappa shape index (κ3) is 7.32. The van der Waals surface area contributed by atoms with Crippen molar-refractivity contribution in [1.29, 1.82) is 0 Å². The molecular formula is C26H22F4N4O7. The van der Waals surface area contributed by atoms with E-state index in [2.05, 4.69) is 20.4 Å². The predicted octanol–water partition coefficient (Wildman–Crippen LogP) is 2.61. The predicted molar refractivity (Wildman–Crippen MR) is 133 cm³/mol. The molecule has 0 bridgehead atoms. The third-order valence-corrected chi connectivity index (χ3v) is 5.69. The quantitative estimate of drug-likeness (QED) is 0.219. The van der Waals surface area contributed by atoms with Crippen LogP contribution in [-0.2, 0) is 14.4 Å². The summed E-state index contributed by atoms with van der Waals surface area (Å²) in [5.74, 6) is -13.4. The summed E-state index contributed by atoms with van der Waals surface area (Å²) in [6.45, 7) is 0.250. The van der Waals surface area contributed by atoms with Crippen LogP contribution in [0.5, 0.6) is 5.75 Å². The summed E-state index contributed by atoms with van der Waals surface area (Å²) in [4.78, 5) is 66.4. The molecule has 2 amide bonds. The molecule has 15 heteroatoms. The van der Waals surface area contributed by atoms with Crippen LogP contribution in [0.4, 0.5) is 23.2 Å². The number of nitrogens with zero attached hydrogens (tertiary/aromatic N) is 2. The van der Waals surface area contributed by atoms with Crippen molar-refractivity contribution in [2.75, 3.05) is 11.9 Å². The third-order valence-electron chi connectivity index (χ3n) is 5.69. The number of ketones is 1. The fraction of sp³-hybridized carbons (Fsp3) is 0.231. The molecule has 0 aliphatic carbocycles. The molecule has 0 radical (unpaired) electrons. The Morgan fingerprint density at radius 1 is 1.07 bits per heavy atom. The lowest BCUT2D eigenvalue weighted by Gasteiger charge is -2.22. The molecule has 0 spiro atoms. The number of rotatable bonds is 12. The minimum Gasteiger partial charge on any atom is -0.481 e. The lowest BCUT2D eigenvalue weighted by Crippen LogP contribution is -2.48. The first-order valence-corrected chi connectivity index (χ1v) is 11.9.